The summed E-state index contributed by atoms with van der Waals surface area (Å²) >= 11 is 11.8. The molecule has 1 aliphatic heterocycles. The number of hydrogen-bond donors (Lipinski definition) is 3. The Morgan fingerprint density at radius 3 is 2.92 bits per heavy atom. The van der Waals surface area contributed by atoms with Crippen molar-refractivity contribution in [2.24, 2.45) is 0 Å². The highest BCUT2D eigenvalue weighted by atomic mass is 35.5. The lowest BCUT2D eigenvalue weighted by atomic mass is 10.2. The molecule has 0 spiro atoms. The molecule has 1 aromatic heterocycles. The molecule has 0 saturated carbocycles. The van der Waals surface area contributed by atoms with Crippen molar-refractivity contribution in [2.45, 2.75) is 19.2 Å². The molecule has 1 aromatic carbocycles. The maximum Gasteiger partial charge on any atom is 0.272 e. The van der Waals surface area contributed by atoms with E-state index in [9.17, 15) is 14.7 Å². The number of nitrogens with zero attached hydrogens (tertiary/aromatic N) is 2. The highest BCUT2D eigenvalue weighted by Gasteiger charge is 2.24. The Balaban J connectivity index is 1.71. The van der Waals surface area contributed by atoms with Gasteiger partial charge in [0.2, 0.25) is 0 Å². The first-order valence-electron chi connectivity index (χ1n) is 7.20. The number of nitrogens with one attached hydrogen (secondary N) is 2. The molecule has 2 amide bonds. The second-order valence-corrected chi connectivity index (χ2v) is 6.21. The minimum absolute atomic E-state index is 0.106. The van der Waals surface area contributed by atoms with E-state index in [-0.39, 0.29) is 36.9 Å². The number of carbonyl (C=O) groups is 2. The minimum Gasteiger partial charge on any atom is -0.389 e. The van der Waals surface area contributed by atoms with Crippen LogP contribution in [-0.4, -0.2) is 39.4 Å². The third kappa shape index (κ3) is 3.53. The van der Waals surface area contributed by atoms with E-state index in [1.165, 1.54) is 10.7 Å². The summed E-state index contributed by atoms with van der Waals surface area (Å²) in [5, 5.41) is 19.9. The first-order valence-corrected chi connectivity index (χ1v) is 7.96. The first kappa shape index (κ1) is 16.8. The van der Waals surface area contributed by atoms with Crippen molar-refractivity contribution in [3.8, 4) is 0 Å². The van der Waals surface area contributed by atoms with E-state index in [4.69, 9.17) is 23.2 Å². The fraction of sp³-hybridized carbons (Fsp3) is 0.267. The highest BCUT2D eigenvalue weighted by molar-refractivity contribution is 6.42. The smallest absolute Gasteiger partial charge is 0.272 e. The molecule has 1 atom stereocenters. The molecule has 0 radical (unpaired) electrons. The number of β-amino-alcohol motifs (C(OH)–C–C–N with tert-alkyl or cyclic N) is 1. The average Bonchev–Trinajstić information content (AvgIpc) is 2.92. The number of amides is 2. The zero-order chi connectivity index (χ0) is 17.3. The van der Waals surface area contributed by atoms with E-state index in [1.807, 2.05) is 0 Å². The van der Waals surface area contributed by atoms with Crippen LogP contribution in [0.2, 0.25) is 10.0 Å². The normalized spacial score (nSPS) is 17.0. The van der Waals surface area contributed by atoms with Gasteiger partial charge in [-0.15, -0.1) is 0 Å². The molecule has 1 aliphatic rings. The Hall–Kier alpha value is -2.09. The van der Waals surface area contributed by atoms with Crippen LogP contribution in [0.4, 0.5) is 0 Å². The van der Waals surface area contributed by atoms with E-state index in [2.05, 4.69) is 15.7 Å². The van der Waals surface area contributed by atoms with Gasteiger partial charge >= 0.3 is 0 Å². The number of halogens is 2. The summed E-state index contributed by atoms with van der Waals surface area (Å²) in [6.07, 6.45) is -0.748. The predicted molar refractivity (Wildman–Crippen MR) is 88.2 cm³/mol. The van der Waals surface area contributed by atoms with Gasteiger partial charge in [0.15, 0.2) is 5.69 Å². The van der Waals surface area contributed by atoms with Crippen molar-refractivity contribution in [1.82, 2.24) is 20.4 Å². The van der Waals surface area contributed by atoms with Crippen molar-refractivity contribution in [3.63, 3.8) is 0 Å². The van der Waals surface area contributed by atoms with Crippen LogP contribution < -0.4 is 10.6 Å². The summed E-state index contributed by atoms with van der Waals surface area (Å²) < 4.78 is 1.33. The molecule has 7 nitrogen and oxygen atoms in total. The SMILES string of the molecule is O=C(NCc1ccc(Cl)c(Cl)c1)c1cc2n(n1)CC(O)CNC2=O. The highest BCUT2D eigenvalue weighted by Crippen LogP contribution is 2.22. The van der Waals surface area contributed by atoms with Gasteiger partial charge in [-0.05, 0) is 17.7 Å². The third-order valence-corrected chi connectivity index (χ3v) is 4.30. The van der Waals surface area contributed by atoms with Crippen molar-refractivity contribution in [2.75, 3.05) is 6.54 Å². The Kier molecular flexibility index (Phi) is 4.75. The van der Waals surface area contributed by atoms with Gasteiger partial charge in [-0.2, -0.15) is 5.10 Å². The first-order chi connectivity index (χ1) is 11.4. The Morgan fingerprint density at radius 1 is 1.38 bits per heavy atom. The van der Waals surface area contributed by atoms with Gasteiger partial charge < -0.3 is 15.7 Å². The number of aliphatic hydroxyl groups is 1. The van der Waals surface area contributed by atoms with Crippen LogP contribution in [0.5, 0.6) is 0 Å². The fourth-order valence-corrected chi connectivity index (χ4v) is 2.66. The molecule has 2 aromatic rings. The van der Waals surface area contributed by atoms with Crippen LogP contribution in [0, 0.1) is 0 Å². The van der Waals surface area contributed by atoms with E-state index in [0.717, 1.165) is 5.56 Å². The molecule has 1 unspecified atom stereocenters. The largest absolute Gasteiger partial charge is 0.389 e. The van der Waals surface area contributed by atoms with E-state index < -0.39 is 12.0 Å². The van der Waals surface area contributed by atoms with E-state index >= 15 is 0 Å². The second-order valence-electron chi connectivity index (χ2n) is 5.39. The third-order valence-electron chi connectivity index (χ3n) is 3.56. The lowest BCUT2D eigenvalue weighted by Gasteiger charge is -2.07. The number of hydrogen-bond acceptors (Lipinski definition) is 4. The topological polar surface area (TPSA) is 96.2 Å². The average molecular weight is 369 g/mol. The number of aromatic nitrogens is 2. The monoisotopic (exact) mass is 368 g/mol. The molecular weight excluding hydrogens is 355 g/mol. The van der Waals surface area contributed by atoms with Crippen LogP contribution in [0.15, 0.2) is 24.3 Å². The second kappa shape index (κ2) is 6.80. The molecule has 0 saturated heterocycles. The van der Waals surface area contributed by atoms with E-state index in [0.29, 0.717) is 10.0 Å². The van der Waals surface area contributed by atoms with Gasteiger partial charge in [0.1, 0.15) is 5.69 Å². The van der Waals surface area contributed by atoms with Gasteiger partial charge in [0.05, 0.1) is 22.7 Å². The van der Waals surface area contributed by atoms with Crippen molar-refractivity contribution < 1.29 is 14.7 Å². The molecule has 126 valence electrons. The summed E-state index contributed by atoms with van der Waals surface area (Å²) in [6, 6.07) is 6.46. The Labute approximate surface area is 147 Å². The van der Waals surface area contributed by atoms with Crippen molar-refractivity contribution in [1.29, 1.82) is 0 Å². The van der Waals surface area contributed by atoms with Crippen LogP contribution >= 0.6 is 23.2 Å². The summed E-state index contributed by atoms with van der Waals surface area (Å²) in [5.74, 6) is -0.800. The zero-order valence-corrected chi connectivity index (χ0v) is 13.9. The molecule has 2 heterocycles. The van der Waals surface area contributed by atoms with Crippen molar-refractivity contribution >= 4 is 35.0 Å². The van der Waals surface area contributed by atoms with E-state index in [1.54, 1.807) is 18.2 Å². The van der Waals surface area contributed by atoms with Crippen LogP contribution in [0.1, 0.15) is 26.5 Å². The lowest BCUT2D eigenvalue weighted by molar-refractivity contribution is 0.0931. The molecule has 0 bridgehead atoms. The summed E-state index contributed by atoms with van der Waals surface area (Å²) in [6.45, 7) is 0.544. The number of benzene rings is 1. The summed E-state index contributed by atoms with van der Waals surface area (Å²) in [4.78, 5) is 24.1. The van der Waals surface area contributed by atoms with Crippen LogP contribution in [0.25, 0.3) is 0 Å². The Morgan fingerprint density at radius 2 is 2.17 bits per heavy atom. The molecule has 9 heteroatoms. The summed E-state index contributed by atoms with van der Waals surface area (Å²) in [7, 11) is 0. The number of fused-ring (bicyclic) bond motifs is 1. The predicted octanol–water partition coefficient (Wildman–Crippen LogP) is 1.22. The summed E-state index contributed by atoms with van der Waals surface area (Å²) in [5.41, 5.74) is 1.13. The maximum atomic E-state index is 12.2. The quantitative estimate of drug-likeness (QED) is 0.758. The molecule has 3 rings (SSSR count). The fourth-order valence-electron chi connectivity index (χ4n) is 2.34. The van der Waals surface area contributed by atoms with Gasteiger partial charge in [-0.1, -0.05) is 29.3 Å². The minimum atomic E-state index is -0.748. The zero-order valence-electron chi connectivity index (χ0n) is 12.4. The Bertz CT molecular complexity index is 806. The van der Waals surface area contributed by atoms with Crippen LogP contribution in [0.3, 0.4) is 0 Å². The molecule has 24 heavy (non-hydrogen) atoms. The lowest BCUT2D eigenvalue weighted by Crippen LogP contribution is -2.30. The molecule has 0 aliphatic carbocycles. The van der Waals surface area contributed by atoms with Gasteiger partial charge in [-0.3, -0.25) is 14.3 Å². The number of rotatable bonds is 3. The molecular formula is C15H14Cl2N4O3. The molecule has 3 N–H and O–H groups in total. The maximum absolute atomic E-state index is 12.2. The van der Waals surface area contributed by atoms with Gasteiger partial charge in [0.25, 0.3) is 11.8 Å². The van der Waals surface area contributed by atoms with Gasteiger partial charge in [0, 0.05) is 19.2 Å². The number of aliphatic hydroxyl groups excluding tert-OH is 1. The molecule has 0 fully saturated rings. The number of carbonyl (C=O) groups excluding carboxylic acids is 2. The standard InChI is InChI=1S/C15H14Cl2N4O3/c16-10-2-1-8(3-11(10)17)5-18-14(23)12-4-13-15(24)19-6-9(22)7-21(13)20-12/h1-4,9,22H,5-7H2,(H,18,23)(H,19,24). The van der Waals surface area contributed by atoms with Crippen molar-refractivity contribution in [3.05, 3.63) is 51.3 Å². The van der Waals surface area contributed by atoms with Crippen LogP contribution in [-0.2, 0) is 13.1 Å². The van der Waals surface area contributed by atoms with Gasteiger partial charge in [-0.25, -0.2) is 0 Å².